The number of benzene rings is 1. The highest BCUT2D eigenvalue weighted by Crippen LogP contribution is 2.35. The number of aromatic amines is 1. The number of aromatic nitrogens is 2. The number of nitrogens with one attached hydrogen (secondary N) is 1. The zero-order valence-corrected chi connectivity index (χ0v) is 14.8. The molecular weight excluding hydrogens is 312 g/mol. The van der Waals surface area contributed by atoms with Gasteiger partial charge in [-0.2, -0.15) is 10.4 Å². The molecule has 5 nitrogen and oxygen atoms in total. The molecule has 0 unspecified atom stereocenters. The number of amides is 1. The summed E-state index contributed by atoms with van der Waals surface area (Å²) in [7, 11) is 0. The first-order valence-electron chi connectivity index (χ1n) is 8.84. The van der Waals surface area contributed by atoms with Crippen LogP contribution in [0.5, 0.6) is 0 Å². The van der Waals surface area contributed by atoms with Crippen LogP contribution in [0.4, 0.5) is 0 Å². The smallest absolute Gasteiger partial charge is 0.274 e. The molecule has 1 amide bonds. The van der Waals surface area contributed by atoms with Gasteiger partial charge in [0.05, 0.1) is 11.5 Å². The number of H-pyrrole nitrogens is 1. The highest BCUT2D eigenvalue weighted by molar-refractivity contribution is 5.92. The second-order valence-corrected chi connectivity index (χ2v) is 7.23. The van der Waals surface area contributed by atoms with E-state index in [9.17, 15) is 10.1 Å². The third-order valence-corrected chi connectivity index (χ3v) is 4.92. The Bertz CT molecular complexity index is 764. The van der Waals surface area contributed by atoms with Gasteiger partial charge in [0.25, 0.3) is 5.91 Å². The first-order chi connectivity index (χ1) is 12.0. The summed E-state index contributed by atoms with van der Waals surface area (Å²) in [6.07, 6.45) is 2.19. The Labute approximate surface area is 148 Å². The molecule has 0 spiro atoms. The van der Waals surface area contributed by atoms with Gasteiger partial charge in [-0.25, -0.2) is 0 Å². The molecule has 0 aliphatic carbocycles. The fourth-order valence-corrected chi connectivity index (χ4v) is 3.49. The number of hydrogen-bond donors (Lipinski definition) is 1. The van der Waals surface area contributed by atoms with Crippen molar-refractivity contribution < 1.29 is 4.79 Å². The van der Waals surface area contributed by atoms with Gasteiger partial charge >= 0.3 is 0 Å². The van der Waals surface area contributed by atoms with Gasteiger partial charge in [-0.15, -0.1) is 0 Å². The summed E-state index contributed by atoms with van der Waals surface area (Å²) in [5.74, 6) is 0.464. The van der Waals surface area contributed by atoms with Crippen LogP contribution in [0.2, 0.25) is 0 Å². The number of likely N-dealkylation sites (tertiary alicyclic amines) is 1. The van der Waals surface area contributed by atoms with E-state index >= 15 is 0 Å². The zero-order valence-electron chi connectivity index (χ0n) is 14.8. The van der Waals surface area contributed by atoms with E-state index in [2.05, 4.69) is 30.1 Å². The molecule has 0 saturated carbocycles. The predicted octanol–water partition coefficient (Wildman–Crippen LogP) is 3.31. The average Bonchev–Trinajstić information content (AvgIpc) is 3.09. The Kier molecular flexibility index (Phi) is 4.89. The molecule has 0 atom stereocenters. The lowest BCUT2D eigenvalue weighted by atomic mass is 9.74. The molecule has 2 aromatic rings. The van der Waals surface area contributed by atoms with Gasteiger partial charge in [0.1, 0.15) is 5.69 Å². The Morgan fingerprint density at radius 1 is 1.32 bits per heavy atom. The molecule has 3 rings (SSSR count). The Morgan fingerprint density at radius 2 is 2.00 bits per heavy atom. The van der Waals surface area contributed by atoms with E-state index in [4.69, 9.17) is 0 Å². The first-order valence-corrected chi connectivity index (χ1v) is 8.84. The summed E-state index contributed by atoms with van der Waals surface area (Å²) >= 11 is 0. The van der Waals surface area contributed by atoms with Crippen molar-refractivity contribution in [3.05, 3.63) is 53.3 Å². The lowest BCUT2D eigenvalue weighted by Crippen LogP contribution is -2.44. The van der Waals surface area contributed by atoms with Gasteiger partial charge in [0, 0.05) is 18.8 Å². The van der Waals surface area contributed by atoms with Crippen molar-refractivity contribution in [1.82, 2.24) is 15.1 Å². The van der Waals surface area contributed by atoms with Crippen LogP contribution < -0.4 is 0 Å². The molecule has 1 saturated heterocycles. The van der Waals surface area contributed by atoms with E-state index in [0.717, 1.165) is 17.7 Å². The third-order valence-electron chi connectivity index (χ3n) is 4.92. The highest BCUT2D eigenvalue weighted by Gasteiger charge is 2.38. The van der Waals surface area contributed by atoms with Gasteiger partial charge in [-0.3, -0.25) is 9.89 Å². The van der Waals surface area contributed by atoms with Crippen molar-refractivity contribution in [3.63, 3.8) is 0 Å². The molecule has 1 fully saturated rings. The van der Waals surface area contributed by atoms with Gasteiger partial charge in [0.2, 0.25) is 0 Å². The number of nitrogens with zero attached hydrogens (tertiary/aromatic N) is 3. The van der Waals surface area contributed by atoms with E-state index < -0.39 is 5.41 Å². The fourth-order valence-electron chi connectivity index (χ4n) is 3.49. The van der Waals surface area contributed by atoms with Crippen LogP contribution in [-0.4, -0.2) is 34.1 Å². The molecule has 1 aliphatic heterocycles. The Hall–Kier alpha value is -2.61. The monoisotopic (exact) mass is 336 g/mol. The maximum Gasteiger partial charge on any atom is 0.274 e. The minimum Gasteiger partial charge on any atom is -0.337 e. The Morgan fingerprint density at radius 3 is 2.60 bits per heavy atom. The molecule has 1 aromatic heterocycles. The summed E-state index contributed by atoms with van der Waals surface area (Å²) < 4.78 is 0. The average molecular weight is 336 g/mol. The van der Waals surface area contributed by atoms with Crippen molar-refractivity contribution in [2.75, 3.05) is 13.1 Å². The highest BCUT2D eigenvalue weighted by atomic mass is 16.2. The lowest BCUT2D eigenvalue weighted by molar-refractivity contribution is 0.0686. The van der Waals surface area contributed by atoms with E-state index in [0.29, 0.717) is 37.5 Å². The Balaban J connectivity index is 1.68. The molecule has 0 radical (unpaired) electrons. The van der Waals surface area contributed by atoms with Gasteiger partial charge in [-0.05, 0) is 36.8 Å². The molecule has 1 N–H and O–H groups in total. The molecular formula is C20H24N4O. The number of nitriles is 1. The van der Waals surface area contributed by atoms with E-state index in [1.165, 1.54) is 0 Å². The van der Waals surface area contributed by atoms with Crippen molar-refractivity contribution in [3.8, 4) is 6.07 Å². The quantitative estimate of drug-likeness (QED) is 0.931. The van der Waals surface area contributed by atoms with Crippen LogP contribution >= 0.6 is 0 Å². The van der Waals surface area contributed by atoms with E-state index in [1.807, 2.05) is 41.3 Å². The van der Waals surface area contributed by atoms with Crippen molar-refractivity contribution >= 4 is 5.91 Å². The van der Waals surface area contributed by atoms with Crippen LogP contribution in [0.15, 0.2) is 36.4 Å². The molecule has 0 bridgehead atoms. The number of rotatable bonds is 4. The topological polar surface area (TPSA) is 72.8 Å². The molecule has 1 aliphatic rings. The summed E-state index contributed by atoms with van der Waals surface area (Å²) in [6, 6.07) is 14.3. The summed E-state index contributed by atoms with van der Waals surface area (Å²) in [4.78, 5) is 14.5. The van der Waals surface area contributed by atoms with Crippen LogP contribution in [-0.2, 0) is 11.8 Å². The summed E-state index contributed by atoms with van der Waals surface area (Å²) in [6.45, 7) is 5.43. The van der Waals surface area contributed by atoms with Crippen molar-refractivity contribution in [1.29, 1.82) is 5.26 Å². The van der Waals surface area contributed by atoms with E-state index in [-0.39, 0.29) is 5.91 Å². The van der Waals surface area contributed by atoms with E-state index in [1.54, 1.807) is 0 Å². The molecule has 130 valence electrons. The second kappa shape index (κ2) is 7.10. The zero-order chi connectivity index (χ0) is 17.9. The van der Waals surface area contributed by atoms with Crippen LogP contribution in [0, 0.1) is 17.2 Å². The summed E-state index contributed by atoms with van der Waals surface area (Å²) in [5, 5.41) is 16.9. The van der Waals surface area contributed by atoms with Gasteiger partial charge in [0.15, 0.2) is 0 Å². The van der Waals surface area contributed by atoms with Gasteiger partial charge in [-0.1, -0.05) is 44.2 Å². The summed E-state index contributed by atoms with van der Waals surface area (Å²) in [5.41, 5.74) is 2.02. The number of carbonyl (C=O) groups is 1. The second-order valence-electron chi connectivity index (χ2n) is 7.23. The van der Waals surface area contributed by atoms with Crippen LogP contribution in [0.3, 0.4) is 0 Å². The minimum atomic E-state index is -0.494. The molecule has 25 heavy (non-hydrogen) atoms. The standard InChI is InChI=1S/C20H24N4O/c1-15(2)12-17-13-18(23-22-17)19(25)24-10-8-20(14-21,9-11-24)16-6-4-3-5-7-16/h3-7,13,15H,8-12H2,1-2H3,(H,22,23). The number of hydrogen-bond acceptors (Lipinski definition) is 3. The number of piperidine rings is 1. The molecule has 2 heterocycles. The molecule has 1 aromatic carbocycles. The fraction of sp³-hybridized carbons (Fsp3) is 0.450. The van der Waals surface area contributed by atoms with Crippen molar-refractivity contribution in [2.45, 2.75) is 38.5 Å². The molecule has 5 heteroatoms. The van der Waals surface area contributed by atoms with Gasteiger partial charge < -0.3 is 4.90 Å². The third kappa shape index (κ3) is 3.58. The minimum absolute atomic E-state index is 0.0501. The number of carbonyl (C=O) groups excluding carboxylic acids is 1. The normalized spacial score (nSPS) is 16.6. The maximum absolute atomic E-state index is 12.7. The lowest BCUT2D eigenvalue weighted by Gasteiger charge is -2.37. The SMILES string of the molecule is CC(C)Cc1cc(C(=O)N2CCC(C#N)(c3ccccc3)CC2)n[nH]1. The van der Waals surface area contributed by atoms with Crippen LogP contribution in [0.25, 0.3) is 0 Å². The largest absolute Gasteiger partial charge is 0.337 e. The van der Waals surface area contributed by atoms with Crippen LogP contribution in [0.1, 0.15) is 48.4 Å². The first kappa shape index (κ1) is 17.2. The van der Waals surface area contributed by atoms with Crippen molar-refractivity contribution in [2.24, 2.45) is 5.92 Å². The predicted molar refractivity (Wildman–Crippen MR) is 96.0 cm³/mol. The maximum atomic E-state index is 12.7.